The van der Waals surface area contributed by atoms with Crippen molar-refractivity contribution in [2.24, 2.45) is 0 Å². The second-order valence-corrected chi connectivity index (χ2v) is 6.99. The van der Waals surface area contributed by atoms with E-state index in [1.807, 2.05) is 30.5 Å². The van der Waals surface area contributed by atoms with Gasteiger partial charge in [0.1, 0.15) is 26.2 Å². The molecule has 1 saturated heterocycles. The van der Waals surface area contributed by atoms with Gasteiger partial charge in [0.15, 0.2) is 6.54 Å². The van der Waals surface area contributed by atoms with Gasteiger partial charge in [-0.25, -0.2) is 4.98 Å². The molecule has 2 heterocycles. The van der Waals surface area contributed by atoms with E-state index in [1.54, 1.807) is 0 Å². The Bertz CT molecular complexity index is 677. The highest BCUT2D eigenvalue weighted by molar-refractivity contribution is 5.91. The molecule has 0 unspecified atom stereocenters. The fourth-order valence-corrected chi connectivity index (χ4v) is 3.20. The number of hydrogen-bond donors (Lipinski definition) is 2. The van der Waals surface area contributed by atoms with E-state index in [4.69, 9.17) is 0 Å². The van der Waals surface area contributed by atoms with Gasteiger partial charge in [0.25, 0.3) is 11.7 Å². The number of benzene rings is 1. The van der Waals surface area contributed by atoms with E-state index in [9.17, 15) is 4.79 Å². The largest absolute Gasteiger partial charge is 0.321 e. The Morgan fingerprint density at radius 1 is 1.16 bits per heavy atom. The molecular formula is C20H28N4O+2. The number of nitrogens with one attached hydrogen (secondary N) is 3. The van der Waals surface area contributed by atoms with Crippen molar-refractivity contribution >= 4 is 17.4 Å². The highest BCUT2D eigenvalue weighted by Gasteiger charge is 2.27. The number of amides is 1. The highest BCUT2D eigenvalue weighted by atomic mass is 16.2. The predicted octanol–water partition coefficient (Wildman–Crippen LogP) is 0.968. The minimum absolute atomic E-state index is 0.0898. The van der Waals surface area contributed by atoms with E-state index in [0.717, 1.165) is 37.7 Å². The number of quaternary nitrogens is 1. The second-order valence-electron chi connectivity index (χ2n) is 6.99. The summed E-state index contributed by atoms with van der Waals surface area (Å²) in [4.78, 5) is 19.3. The molecule has 1 aromatic heterocycles. The number of pyridine rings is 1. The number of carbonyl (C=O) groups excluding carboxylic acids is 1. The molecule has 0 bridgehead atoms. The molecule has 0 aliphatic carbocycles. The van der Waals surface area contributed by atoms with Crippen molar-refractivity contribution in [2.75, 3.05) is 42.9 Å². The van der Waals surface area contributed by atoms with Gasteiger partial charge in [-0.05, 0) is 29.7 Å². The lowest BCUT2D eigenvalue weighted by atomic mass is 10.0. The zero-order valence-electron chi connectivity index (χ0n) is 15.1. The van der Waals surface area contributed by atoms with Gasteiger partial charge in [0.2, 0.25) is 0 Å². The van der Waals surface area contributed by atoms with E-state index in [-0.39, 0.29) is 5.91 Å². The number of nitrogens with zero attached hydrogens (tertiary/aromatic N) is 1. The van der Waals surface area contributed by atoms with E-state index in [0.29, 0.717) is 12.5 Å². The first kappa shape index (κ1) is 17.4. The lowest BCUT2D eigenvalue weighted by Gasteiger charge is -2.27. The van der Waals surface area contributed by atoms with Gasteiger partial charge >= 0.3 is 0 Å². The van der Waals surface area contributed by atoms with Crippen LogP contribution < -0.4 is 20.1 Å². The summed E-state index contributed by atoms with van der Waals surface area (Å²) in [6.45, 7) is 8.75. The summed E-state index contributed by atoms with van der Waals surface area (Å²) in [5.74, 6) is 1.75. The maximum Gasteiger partial charge on any atom is 0.279 e. The maximum atomic E-state index is 12.3. The smallest absolute Gasteiger partial charge is 0.279 e. The predicted molar refractivity (Wildman–Crippen MR) is 99.9 cm³/mol. The van der Waals surface area contributed by atoms with E-state index in [2.05, 4.69) is 47.2 Å². The van der Waals surface area contributed by atoms with Crippen LogP contribution in [-0.4, -0.2) is 38.6 Å². The zero-order chi connectivity index (χ0) is 17.6. The van der Waals surface area contributed by atoms with E-state index >= 15 is 0 Å². The van der Waals surface area contributed by atoms with Crippen LogP contribution in [0.3, 0.4) is 0 Å². The Morgan fingerprint density at radius 3 is 2.48 bits per heavy atom. The third-order valence-electron chi connectivity index (χ3n) is 4.78. The zero-order valence-corrected chi connectivity index (χ0v) is 15.1. The number of piperazine rings is 1. The Balaban J connectivity index is 1.46. The molecule has 132 valence electrons. The quantitative estimate of drug-likeness (QED) is 0.852. The molecule has 25 heavy (non-hydrogen) atoms. The summed E-state index contributed by atoms with van der Waals surface area (Å²) in [5, 5.41) is 3.02. The molecule has 1 aromatic carbocycles. The number of carbonyl (C=O) groups is 1. The number of aromatic nitrogens is 1. The van der Waals surface area contributed by atoms with Crippen molar-refractivity contribution in [3.05, 3.63) is 54.2 Å². The SMILES string of the molecule is CC(C)c1ccc(NC(=O)C[NH+]2CCN(c3cccc[nH+]3)CC2)cc1. The highest BCUT2D eigenvalue weighted by Crippen LogP contribution is 2.16. The lowest BCUT2D eigenvalue weighted by molar-refractivity contribution is -0.892. The second kappa shape index (κ2) is 8.12. The fourth-order valence-electron chi connectivity index (χ4n) is 3.20. The standard InChI is InChI=1S/C20H26N4O/c1-16(2)17-6-8-18(9-7-17)22-20(25)15-23-11-13-24(14-12-23)19-5-3-4-10-21-19/h3-10,16H,11-15H2,1-2H3,(H,22,25)/p+2. The van der Waals surface area contributed by atoms with Gasteiger partial charge < -0.3 is 10.2 Å². The lowest BCUT2D eigenvalue weighted by Crippen LogP contribution is -3.15. The fraction of sp³-hybridized carbons (Fsp3) is 0.400. The molecule has 2 aromatic rings. The van der Waals surface area contributed by atoms with Crippen LogP contribution in [0.1, 0.15) is 25.3 Å². The summed E-state index contributed by atoms with van der Waals surface area (Å²) in [5.41, 5.74) is 2.17. The van der Waals surface area contributed by atoms with Gasteiger partial charge in [-0.15, -0.1) is 0 Å². The van der Waals surface area contributed by atoms with Gasteiger partial charge in [0, 0.05) is 11.8 Å². The number of anilines is 2. The van der Waals surface area contributed by atoms with Crippen LogP contribution in [0.5, 0.6) is 0 Å². The molecule has 3 rings (SSSR count). The molecule has 1 aliphatic rings. The number of rotatable bonds is 5. The van der Waals surface area contributed by atoms with Crippen molar-refractivity contribution in [1.82, 2.24) is 0 Å². The molecule has 3 N–H and O–H groups in total. The van der Waals surface area contributed by atoms with Crippen molar-refractivity contribution in [3.8, 4) is 0 Å². The molecule has 5 nitrogen and oxygen atoms in total. The topological polar surface area (TPSA) is 50.9 Å². The summed E-state index contributed by atoms with van der Waals surface area (Å²) >= 11 is 0. The first-order valence-corrected chi connectivity index (χ1v) is 9.07. The van der Waals surface area contributed by atoms with Crippen LogP contribution in [0.4, 0.5) is 11.5 Å². The summed E-state index contributed by atoms with van der Waals surface area (Å²) < 4.78 is 0. The molecule has 1 aliphatic heterocycles. The average Bonchev–Trinajstić information content (AvgIpc) is 2.63. The van der Waals surface area contributed by atoms with Crippen LogP contribution in [0.15, 0.2) is 48.7 Å². The third kappa shape index (κ3) is 4.79. The van der Waals surface area contributed by atoms with Crippen molar-refractivity contribution in [2.45, 2.75) is 19.8 Å². The van der Waals surface area contributed by atoms with Gasteiger partial charge in [0.05, 0.1) is 6.20 Å². The van der Waals surface area contributed by atoms with Crippen LogP contribution in [0.2, 0.25) is 0 Å². The van der Waals surface area contributed by atoms with Crippen LogP contribution in [-0.2, 0) is 4.79 Å². The molecule has 0 radical (unpaired) electrons. The average molecular weight is 340 g/mol. The number of H-pyrrole nitrogens is 1. The van der Waals surface area contributed by atoms with Crippen LogP contribution in [0, 0.1) is 0 Å². The van der Waals surface area contributed by atoms with Crippen LogP contribution >= 0.6 is 0 Å². The number of aromatic amines is 1. The maximum absolute atomic E-state index is 12.3. The summed E-state index contributed by atoms with van der Waals surface area (Å²) in [7, 11) is 0. The third-order valence-corrected chi connectivity index (χ3v) is 4.78. The normalized spacial score (nSPS) is 15.4. The molecule has 0 saturated carbocycles. The molecule has 0 spiro atoms. The Morgan fingerprint density at radius 2 is 1.88 bits per heavy atom. The van der Waals surface area contributed by atoms with E-state index in [1.165, 1.54) is 10.5 Å². The Labute approximate surface area is 149 Å². The monoisotopic (exact) mass is 340 g/mol. The van der Waals surface area contributed by atoms with E-state index < -0.39 is 0 Å². The summed E-state index contributed by atoms with van der Waals surface area (Å²) in [6, 6.07) is 14.3. The minimum atomic E-state index is 0.0898. The first-order chi connectivity index (χ1) is 12.1. The molecule has 0 atom stereocenters. The van der Waals surface area contributed by atoms with Gasteiger partial charge in [-0.2, -0.15) is 0 Å². The minimum Gasteiger partial charge on any atom is -0.321 e. The number of hydrogen-bond acceptors (Lipinski definition) is 2. The molecular weight excluding hydrogens is 312 g/mol. The van der Waals surface area contributed by atoms with Gasteiger partial charge in [-0.1, -0.05) is 32.0 Å². The first-order valence-electron chi connectivity index (χ1n) is 9.07. The molecule has 1 fully saturated rings. The molecule has 5 heteroatoms. The van der Waals surface area contributed by atoms with Crippen molar-refractivity contribution < 1.29 is 14.7 Å². The summed E-state index contributed by atoms with van der Waals surface area (Å²) in [6.07, 6.45) is 1.95. The van der Waals surface area contributed by atoms with Gasteiger partial charge in [-0.3, -0.25) is 9.69 Å². The molecule has 1 amide bonds. The van der Waals surface area contributed by atoms with Crippen molar-refractivity contribution in [1.29, 1.82) is 0 Å². The Kier molecular flexibility index (Phi) is 5.66. The van der Waals surface area contributed by atoms with Crippen molar-refractivity contribution in [3.63, 3.8) is 0 Å². The van der Waals surface area contributed by atoms with Crippen LogP contribution in [0.25, 0.3) is 0 Å². The Hall–Kier alpha value is -2.40.